The first-order valence-electron chi connectivity index (χ1n) is 6.78. The number of aromatic nitrogens is 1. The molecule has 3 heteroatoms. The zero-order valence-corrected chi connectivity index (χ0v) is 11.9. The van der Waals surface area contributed by atoms with Crippen molar-refractivity contribution in [2.24, 2.45) is 0 Å². The first kappa shape index (κ1) is 13.4. The van der Waals surface area contributed by atoms with Crippen LogP contribution in [0.15, 0.2) is 42.6 Å². The number of benzene rings is 1. The van der Waals surface area contributed by atoms with Gasteiger partial charge in [-0.05, 0) is 50.6 Å². The second-order valence-corrected chi connectivity index (χ2v) is 4.51. The summed E-state index contributed by atoms with van der Waals surface area (Å²) in [6.07, 6.45) is 1.80. The van der Waals surface area contributed by atoms with Crippen molar-refractivity contribution >= 4 is 17.2 Å². The van der Waals surface area contributed by atoms with Crippen molar-refractivity contribution in [3.05, 3.63) is 48.2 Å². The van der Waals surface area contributed by atoms with Crippen molar-refractivity contribution in [2.45, 2.75) is 20.8 Å². The van der Waals surface area contributed by atoms with E-state index in [4.69, 9.17) is 0 Å². The largest absolute Gasteiger partial charge is 0.372 e. The maximum Gasteiger partial charge on any atom is 0.130 e. The lowest BCUT2D eigenvalue weighted by Crippen LogP contribution is -2.21. The Kier molecular flexibility index (Phi) is 4.39. The SMILES string of the molecule is CCN(CC)c1ccc(C)c(Nc2ccccn2)c1. The van der Waals surface area contributed by atoms with Crippen LogP contribution in [0.1, 0.15) is 19.4 Å². The molecular formula is C16H21N3. The van der Waals surface area contributed by atoms with Crippen LogP contribution in [0.4, 0.5) is 17.2 Å². The smallest absolute Gasteiger partial charge is 0.130 e. The van der Waals surface area contributed by atoms with E-state index in [1.165, 1.54) is 11.3 Å². The predicted octanol–water partition coefficient (Wildman–Crippen LogP) is 3.98. The van der Waals surface area contributed by atoms with Gasteiger partial charge in [0.25, 0.3) is 0 Å². The van der Waals surface area contributed by atoms with Gasteiger partial charge in [0.05, 0.1) is 0 Å². The quantitative estimate of drug-likeness (QED) is 0.876. The summed E-state index contributed by atoms with van der Waals surface area (Å²) >= 11 is 0. The Morgan fingerprint density at radius 2 is 1.89 bits per heavy atom. The number of rotatable bonds is 5. The van der Waals surface area contributed by atoms with Crippen LogP contribution in [0.5, 0.6) is 0 Å². The summed E-state index contributed by atoms with van der Waals surface area (Å²) in [6.45, 7) is 8.49. The molecule has 0 amide bonds. The van der Waals surface area contributed by atoms with Crippen LogP contribution in [0.2, 0.25) is 0 Å². The number of anilines is 3. The molecule has 0 radical (unpaired) electrons. The van der Waals surface area contributed by atoms with Crippen LogP contribution in [0, 0.1) is 6.92 Å². The Bertz CT molecular complexity index is 519. The first-order chi connectivity index (χ1) is 9.24. The van der Waals surface area contributed by atoms with E-state index in [-0.39, 0.29) is 0 Å². The minimum atomic E-state index is 0.877. The standard InChI is InChI=1S/C16H21N3/c1-4-19(5-2)14-10-9-13(3)15(12-14)18-16-8-6-7-11-17-16/h6-12H,4-5H2,1-3H3,(H,17,18). The van der Waals surface area contributed by atoms with Crippen LogP contribution < -0.4 is 10.2 Å². The molecule has 19 heavy (non-hydrogen) atoms. The van der Waals surface area contributed by atoms with Crippen LogP contribution in [0.3, 0.4) is 0 Å². The number of aryl methyl sites for hydroxylation is 1. The fourth-order valence-electron chi connectivity index (χ4n) is 2.10. The number of hydrogen-bond acceptors (Lipinski definition) is 3. The normalized spacial score (nSPS) is 10.3. The second kappa shape index (κ2) is 6.23. The Labute approximate surface area is 115 Å². The zero-order valence-electron chi connectivity index (χ0n) is 11.9. The van der Waals surface area contributed by atoms with Crippen molar-refractivity contribution in [1.29, 1.82) is 0 Å². The van der Waals surface area contributed by atoms with Gasteiger partial charge in [-0.1, -0.05) is 12.1 Å². The fraction of sp³-hybridized carbons (Fsp3) is 0.312. The summed E-state index contributed by atoms with van der Waals surface area (Å²) < 4.78 is 0. The average Bonchev–Trinajstić information content (AvgIpc) is 2.45. The van der Waals surface area contributed by atoms with Gasteiger partial charge in [0, 0.05) is 30.7 Å². The highest BCUT2D eigenvalue weighted by atomic mass is 15.1. The van der Waals surface area contributed by atoms with E-state index < -0.39 is 0 Å². The first-order valence-corrected chi connectivity index (χ1v) is 6.78. The van der Waals surface area contributed by atoms with Gasteiger partial charge in [-0.2, -0.15) is 0 Å². The topological polar surface area (TPSA) is 28.2 Å². The van der Waals surface area contributed by atoms with Crippen LogP contribution in [0.25, 0.3) is 0 Å². The van der Waals surface area contributed by atoms with Gasteiger partial charge in [-0.15, -0.1) is 0 Å². The van der Waals surface area contributed by atoms with E-state index in [9.17, 15) is 0 Å². The van der Waals surface area contributed by atoms with E-state index in [1.54, 1.807) is 6.20 Å². The molecule has 100 valence electrons. The van der Waals surface area contributed by atoms with Crippen molar-refractivity contribution in [3.63, 3.8) is 0 Å². The molecule has 0 aliphatic rings. The van der Waals surface area contributed by atoms with Crippen molar-refractivity contribution in [2.75, 3.05) is 23.3 Å². The molecule has 0 aliphatic carbocycles. The van der Waals surface area contributed by atoms with E-state index in [0.29, 0.717) is 0 Å². The number of pyridine rings is 1. The molecule has 0 bridgehead atoms. The predicted molar refractivity (Wildman–Crippen MR) is 82.3 cm³/mol. The molecule has 1 aromatic carbocycles. The molecule has 0 saturated carbocycles. The average molecular weight is 255 g/mol. The third-order valence-corrected chi connectivity index (χ3v) is 3.28. The molecule has 1 heterocycles. The molecule has 0 aliphatic heterocycles. The third kappa shape index (κ3) is 3.25. The van der Waals surface area contributed by atoms with E-state index in [2.05, 4.69) is 54.2 Å². The lowest BCUT2D eigenvalue weighted by molar-refractivity contribution is 0.866. The minimum absolute atomic E-state index is 0.877. The summed E-state index contributed by atoms with van der Waals surface area (Å²) in [5.41, 5.74) is 3.58. The summed E-state index contributed by atoms with van der Waals surface area (Å²) in [7, 11) is 0. The highest BCUT2D eigenvalue weighted by molar-refractivity contribution is 5.66. The molecule has 0 saturated heterocycles. The lowest BCUT2D eigenvalue weighted by Gasteiger charge is -2.22. The number of hydrogen-bond donors (Lipinski definition) is 1. The maximum atomic E-state index is 4.31. The van der Waals surface area contributed by atoms with Crippen LogP contribution in [-0.2, 0) is 0 Å². The van der Waals surface area contributed by atoms with E-state index in [1.807, 2.05) is 18.2 Å². The number of nitrogens with one attached hydrogen (secondary N) is 1. The molecular weight excluding hydrogens is 234 g/mol. The molecule has 1 N–H and O–H groups in total. The van der Waals surface area contributed by atoms with E-state index >= 15 is 0 Å². The van der Waals surface area contributed by atoms with Crippen molar-refractivity contribution in [3.8, 4) is 0 Å². The summed E-state index contributed by atoms with van der Waals surface area (Å²) in [5.74, 6) is 0.877. The Morgan fingerprint density at radius 3 is 2.53 bits per heavy atom. The Balaban J connectivity index is 2.27. The minimum Gasteiger partial charge on any atom is -0.372 e. The lowest BCUT2D eigenvalue weighted by atomic mass is 10.1. The Morgan fingerprint density at radius 1 is 1.11 bits per heavy atom. The van der Waals surface area contributed by atoms with Gasteiger partial charge in [-0.25, -0.2) is 4.98 Å². The second-order valence-electron chi connectivity index (χ2n) is 4.51. The zero-order chi connectivity index (χ0) is 13.7. The monoisotopic (exact) mass is 255 g/mol. The van der Waals surface area contributed by atoms with Gasteiger partial charge in [0.2, 0.25) is 0 Å². The third-order valence-electron chi connectivity index (χ3n) is 3.28. The van der Waals surface area contributed by atoms with E-state index in [0.717, 1.165) is 24.6 Å². The maximum absolute atomic E-state index is 4.31. The van der Waals surface area contributed by atoms with Crippen molar-refractivity contribution in [1.82, 2.24) is 4.98 Å². The number of nitrogens with zero attached hydrogens (tertiary/aromatic N) is 2. The molecule has 0 atom stereocenters. The molecule has 3 nitrogen and oxygen atoms in total. The van der Waals surface area contributed by atoms with Gasteiger partial charge in [0.1, 0.15) is 5.82 Å². The highest BCUT2D eigenvalue weighted by Gasteiger charge is 2.05. The van der Waals surface area contributed by atoms with Crippen LogP contribution >= 0.6 is 0 Å². The van der Waals surface area contributed by atoms with Gasteiger partial charge in [0.15, 0.2) is 0 Å². The molecule has 0 fully saturated rings. The van der Waals surface area contributed by atoms with Gasteiger partial charge >= 0.3 is 0 Å². The molecule has 0 unspecified atom stereocenters. The molecule has 0 spiro atoms. The molecule has 2 rings (SSSR count). The summed E-state index contributed by atoms with van der Waals surface area (Å²) in [5, 5.41) is 3.38. The highest BCUT2D eigenvalue weighted by Crippen LogP contribution is 2.25. The Hall–Kier alpha value is -2.03. The summed E-state index contributed by atoms with van der Waals surface area (Å²) in [6, 6.07) is 12.4. The molecule has 2 aromatic rings. The van der Waals surface area contributed by atoms with Crippen molar-refractivity contribution < 1.29 is 0 Å². The summed E-state index contributed by atoms with van der Waals surface area (Å²) in [4.78, 5) is 6.64. The molecule has 1 aromatic heterocycles. The van der Waals surface area contributed by atoms with Gasteiger partial charge in [-0.3, -0.25) is 0 Å². The fourth-order valence-corrected chi connectivity index (χ4v) is 2.10. The van der Waals surface area contributed by atoms with Crippen LogP contribution in [-0.4, -0.2) is 18.1 Å². The van der Waals surface area contributed by atoms with Gasteiger partial charge < -0.3 is 10.2 Å².